The van der Waals surface area contributed by atoms with Gasteiger partial charge in [0.2, 0.25) is 5.95 Å². The van der Waals surface area contributed by atoms with Crippen molar-refractivity contribution >= 4 is 17.7 Å². The molecule has 0 saturated carbocycles. The van der Waals surface area contributed by atoms with E-state index in [-0.39, 0.29) is 5.91 Å². The number of anilines is 2. The number of amides is 1. The Kier molecular flexibility index (Phi) is 5.58. The van der Waals surface area contributed by atoms with Crippen LogP contribution in [0.2, 0.25) is 0 Å². The van der Waals surface area contributed by atoms with Crippen molar-refractivity contribution in [2.75, 3.05) is 31.8 Å². The van der Waals surface area contributed by atoms with E-state index in [1.807, 2.05) is 43.9 Å². The number of carbonyl (C=O) groups is 1. The van der Waals surface area contributed by atoms with Gasteiger partial charge >= 0.3 is 0 Å². The number of aromatic nitrogens is 4. The summed E-state index contributed by atoms with van der Waals surface area (Å²) in [5.41, 5.74) is 8.09. The van der Waals surface area contributed by atoms with Crippen LogP contribution in [0, 0.1) is 0 Å². The van der Waals surface area contributed by atoms with Crippen LogP contribution >= 0.6 is 0 Å². The number of hydrogen-bond acceptors (Lipinski definition) is 6. The number of rotatable bonds is 6. The Morgan fingerprint density at radius 3 is 2.50 bits per heavy atom. The fourth-order valence-electron chi connectivity index (χ4n) is 2.87. The van der Waals surface area contributed by atoms with Gasteiger partial charge in [-0.3, -0.25) is 4.79 Å². The molecule has 0 aliphatic rings. The number of nitrogen functional groups attached to an aromatic ring is 1. The molecule has 8 heteroatoms. The molecule has 0 saturated heterocycles. The van der Waals surface area contributed by atoms with E-state index < -0.39 is 0 Å². The van der Waals surface area contributed by atoms with Gasteiger partial charge in [0.05, 0.1) is 12.2 Å². The van der Waals surface area contributed by atoms with E-state index in [1.165, 1.54) is 0 Å². The first-order valence-corrected chi connectivity index (χ1v) is 9.06. The van der Waals surface area contributed by atoms with Crippen LogP contribution in [0.25, 0.3) is 11.3 Å². The van der Waals surface area contributed by atoms with Gasteiger partial charge in [0.25, 0.3) is 5.91 Å². The lowest BCUT2D eigenvalue weighted by Crippen LogP contribution is -2.27. The summed E-state index contributed by atoms with van der Waals surface area (Å²) in [6.07, 6.45) is 3.67. The molecule has 2 heterocycles. The molecule has 0 radical (unpaired) electrons. The van der Waals surface area contributed by atoms with Gasteiger partial charge in [0, 0.05) is 57.3 Å². The van der Waals surface area contributed by atoms with E-state index in [2.05, 4.69) is 15.0 Å². The SMILES string of the molecule is CCn1ccnc1CN(C)C(=O)c1ccc(-c2cc(N)nc(N(C)C)n2)cc1. The Hall–Kier alpha value is -3.42. The minimum Gasteiger partial charge on any atom is -0.384 e. The molecule has 0 aliphatic carbocycles. The first kappa shape index (κ1) is 19.3. The Bertz CT molecular complexity index is 963. The van der Waals surface area contributed by atoms with Crippen LogP contribution in [0.1, 0.15) is 23.1 Å². The van der Waals surface area contributed by atoms with Crippen LogP contribution in [-0.4, -0.2) is 51.5 Å². The molecule has 28 heavy (non-hydrogen) atoms. The lowest BCUT2D eigenvalue weighted by atomic mass is 10.1. The Morgan fingerprint density at radius 1 is 1.14 bits per heavy atom. The molecule has 2 N–H and O–H groups in total. The third kappa shape index (κ3) is 4.11. The fourth-order valence-corrected chi connectivity index (χ4v) is 2.87. The maximum Gasteiger partial charge on any atom is 0.254 e. The minimum absolute atomic E-state index is 0.0617. The fraction of sp³-hybridized carbons (Fsp3) is 0.300. The molecular weight excluding hydrogens is 354 g/mol. The summed E-state index contributed by atoms with van der Waals surface area (Å²) < 4.78 is 2.02. The molecule has 2 aromatic heterocycles. The maximum absolute atomic E-state index is 12.8. The predicted octanol–water partition coefficient (Wildman–Crippen LogP) is 2.28. The molecule has 8 nitrogen and oxygen atoms in total. The number of benzene rings is 1. The quantitative estimate of drug-likeness (QED) is 0.706. The smallest absolute Gasteiger partial charge is 0.254 e. The largest absolute Gasteiger partial charge is 0.384 e. The average molecular weight is 379 g/mol. The summed E-state index contributed by atoms with van der Waals surface area (Å²) in [6, 6.07) is 9.06. The lowest BCUT2D eigenvalue weighted by molar-refractivity contribution is 0.0780. The topological polar surface area (TPSA) is 93.2 Å². The van der Waals surface area contributed by atoms with Gasteiger partial charge in [0.15, 0.2) is 0 Å². The molecule has 0 spiro atoms. The standard InChI is InChI=1S/C20H25N7O/c1-5-27-11-10-22-18(27)13-26(4)19(28)15-8-6-14(7-9-15)16-12-17(21)24-20(23-16)25(2)3/h6-12H,5,13H2,1-4H3,(H2,21,23,24). The number of nitrogens with two attached hydrogens (primary N) is 1. The van der Waals surface area contributed by atoms with E-state index in [4.69, 9.17) is 5.73 Å². The van der Waals surface area contributed by atoms with Crippen molar-refractivity contribution in [3.63, 3.8) is 0 Å². The van der Waals surface area contributed by atoms with Gasteiger partial charge in [-0.05, 0) is 19.1 Å². The second-order valence-electron chi connectivity index (χ2n) is 6.74. The summed E-state index contributed by atoms with van der Waals surface area (Å²) in [5, 5.41) is 0. The number of imidazole rings is 1. The zero-order valence-corrected chi connectivity index (χ0v) is 16.6. The van der Waals surface area contributed by atoms with Crippen LogP contribution in [0.4, 0.5) is 11.8 Å². The van der Waals surface area contributed by atoms with Crippen molar-refractivity contribution in [3.05, 3.63) is 54.1 Å². The van der Waals surface area contributed by atoms with E-state index in [9.17, 15) is 4.79 Å². The van der Waals surface area contributed by atoms with Crippen LogP contribution in [0.3, 0.4) is 0 Å². The zero-order chi connectivity index (χ0) is 20.3. The van der Waals surface area contributed by atoms with Crippen LogP contribution in [-0.2, 0) is 13.1 Å². The van der Waals surface area contributed by atoms with Crippen LogP contribution < -0.4 is 10.6 Å². The van der Waals surface area contributed by atoms with Crippen LogP contribution in [0.5, 0.6) is 0 Å². The second-order valence-corrected chi connectivity index (χ2v) is 6.74. The highest BCUT2D eigenvalue weighted by Gasteiger charge is 2.15. The molecule has 3 aromatic rings. The first-order chi connectivity index (χ1) is 13.4. The normalized spacial score (nSPS) is 10.7. The van der Waals surface area contributed by atoms with E-state index in [1.54, 1.807) is 41.2 Å². The van der Waals surface area contributed by atoms with E-state index in [0.29, 0.717) is 29.6 Å². The molecule has 0 atom stereocenters. The highest BCUT2D eigenvalue weighted by atomic mass is 16.2. The van der Waals surface area contributed by atoms with Crippen molar-refractivity contribution in [2.45, 2.75) is 20.0 Å². The van der Waals surface area contributed by atoms with Gasteiger partial charge in [-0.25, -0.2) is 9.97 Å². The number of carbonyl (C=O) groups excluding carboxylic acids is 1. The van der Waals surface area contributed by atoms with Gasteiger partial charge in [0.1, 0.15) is 11.6 Å². The summed E-state index contributed by atoms with van der Waals surface area (Å²) in [7, 11) is 5.50. The molecular formula is C20H25N7O. The minimum atomic E-state index is -0.0617. The monoisotopic (exact) mass is 379 g/mol. The van der Waals surface area contributed by atoms with E-state index in [0.717, 1.165) is 17.9 Å². The van der Waals surface area contributed by atoms with Crippen molar-refractivity contribution in [3.8, 4) is 11.3 Å². The predicted molar refractivity (Wildman–Crippen MR) is 110 cm³/mol. The molecule has 1 amide bonds. The van der Waals surface area contributed by atoms with Crippen molar-refractivity contribution in [1.82, 2.24) is 24.4 Å². The van der Waals surface area contributed by atoms with Gasteiger partial charge in [-0.2, -0.15) is 4.98 Å². The van der Waals surface area contributed by atoms with Gasteiger partial charge in [-0.1, -0.05) is 12.1 Å². The summed E-state index contributed by atoms with van der Waals surface area (Å²) in [4.78, 5) is 29.3. The zero-order valence-electron chi connectivity index (χ0n) is 16.6. The molecule has 146 valence electrons. The molecule has 0 unspecified atom stereocenters. The molecule has 0 fully saturated rings. The third-order valence-corrected chi connectivity index (χ3v) is 4.43. The van der Waals surface area contributed by atoms with Gasteiger partial charge < -0.3 is 20.1 Å². The van der Waals surface area contributed by atoms with Gasteiger partial charge in [-0.15, -0.1) is 0 Å². The van der Waals surface area contributed by atoms with Crippen molar-refractivity contribution in [2.24, 2.45) is 0 Å². The van der Waals surface area contributed by atoms with Crippen LogP contribution in [0.15, 0.2) is 42.7 Å². The summed E-state index contributed by atoms with van der Waals surface area (Å²) >= 11 is 0. The average Bonchev–Trinajstić information content (AvgIpc) is 3.14. The second kappa shape index (κ2) is 8.08. The molecule has 1 aromatic carbocycles. The molecule has 0 aliphatic heterocycles. The molecule has 0 bridgehead atoms. The Balaban J connectivity index is 1.78. The molecule has 3 rings (SSSR count). The third-order valence-electron chi connectivity index (χ3n) is 4.43. The Morgan fingerprint density at radius 2 is 1.86 bits per heavy atom. The lowest BCUT2D eigenvalue weighted by Gasteiger charge is -2.18. The highest BCUT2D eigenvalue weighted by Crippen LogP contribution is 2.22. The van der Waals surface area contributed by atoms with Crippen molar-refractivity contribution in [1.29, 1.82) is 0 Å². The number of hydrogen-bond donors (Lipinski definition) is 1. The summed E-state index contributed by atoms with van der Waals surface area (Å²) in [6.45, 7) is 3.33. The highest BCUT2D eigenvalue weighted by molar-refractivity contribution is 5.94. The first-order valence-electron chi connectivity index (χ1n) is 9.06. The number of nitrogens with zero attached hydrogens (tertiary/aromatic N) is 6. The summed E-state index contributed by atoms with van der Waals surface area (Å²) in [5.74, 6) is 1.75. The van der Waals surface area contributed by atoms with Crippen molar-refractivity contribution < 1.29 is 4.79 Å². The Labute approximate surface area is 164 Å². The maximum atomic E-state index is 12.8. The number of aryl methyl sites for hydroxylation is 1. The van der Waals surface area contributed by atoms with E-state index >= 15 is 0 Å².